The van der Waals surface area contributed by atoms with Gasteiger partial charge >= 0.3 is 0 Å². The van der Waals surface area contributed by atoms with Crippen molar-refractivity contribution in [2.45, 2.75) is 25.5 Å². The van der Waals surface area contributed by atoms with Crippen LogP contribution in [-0.4, -0.2) is 39.3 Å². The van der Waals surface area contributed by atoms with Crippen molar-refractivity contribution in [1.29, 1.82) is 0 Å². The van der Waals surface area contributed by atoms with Crippen molar-refractivity contribution in [2.24, 2.45) is 0 Å². The molecule has 0 aliphatic carbocycles. The number of hydrogen-bond donors (Lipinski definition) is 2. The second-order valence-electron chi connectivity index (χ2n) is 2.04. The quantitative estimate of drug-likeness (QED) is 0.420. The highest BCUT2D eigenvalue weighted by molar-refractivity contribution is 6.26. The minimum Gasteiger partial charge on any atom is -0.415 e. The molecule has 0 aliphatic heterocycles. The van der Waals surface area contributed by atoms with Gasteiger partial charge in [-0.1, -0.05) is 13.3 Å². The lowest BCUT2D eigenvalue weighted by molar-refractivity contribution is 0.0547. The number of aliphatic hydroxyl groups is 2. The van der Waals surface area contributed by atoms with E-state index in [1.54, 1.807) is 0 Å². The molecule has 0 bridgehead atoms. The van der Waals surface area contributed by atoms with Crippen LogP contribution in [0.25, 0.3) is 0 Å². The molecule has 2 N–H and O–H groups in total. The summed E-state index contributed by atoms with van der Waals surface area (Å²) >= 11 is 0. The Morgan fingerprint density at radius 2 is 2.30 bits per heavy atom. The molecule has 10 heavy (non-hydrogen) atoms. The first-order valence-corrected chi connectivity index (χ1v) is 4.56. The van der Waals surface area contributed by atoms with Crippen molar-refractivity contribution in [2.75, 3.05) is 13.2 Å². The van der Waals surface area contributed by atoms with Gasteiger partial charge in [-0.25, -0.2) is 0 Å². The van der Waals surface area contributed by atoms with Crippen LogP contribution in [0, 0.1) is 0 Å². The second-order valence-corrected chi connectivity index (χ2v) is 3.12. The van der Waals surface area contributed by atoms with Crippen LogP contribution in [0.15, 0.2) is 0 Å². The largest absolute Gasteiger partial charge is 0.415 e. The van der Waals surface area contributed by atoms with Crippen molar-refractivity contribution in [3.8, 4) is 0 Å². The Balaban J connectivity index is 2.89. The molecule has 0 spiro atoms. The summed E-state index contributed by atoms with van der Waals surface area (Å²) in [7, 11) is 0.457. The van der Waals surface area contributed by atoms with Crippen LogP contribution < -0.4 is 0 Å². The fraction of sp³-hybridized carbons (Fsp3) is 1.00. The van der Waals surface area contributed by atoms with Crippen LogP contribution in [0.4, 0.5) is 0 Å². The lowest BCUT2D eigenvalue weighted by Gasteiger charge is -2.05. The van der Waals surface area contributed by atoms with Gasteiger partial charge in [0.2, 0.25) is 9.76 Å². The SMILES string of the molecule is CCC[Si]OCC(O)CO. The Labute approximate surface area is 64.0 Å². The lowest BCUT2D eigenvalue weighted by Crippen LogP contribution is -2.20. The number of aliphatic hydroxyl groups excluding tert-OH is 2. The molecule has 0 aliphatic rings. The highest BCUT2D eigenvalue weighted by Crippen LogP contribution is 1.88. The maximum atomic E-state index is 8.79. The molecule has 3 nitrogen and oxygen atoms in total. The van der Waals surface area contributed by atoms with Gasteiger partial charge in [-0.15, -0.1) is 0 Å². The molecule has 0 rings (SSSR count). The zero-order valence-electron chi connectivity index (χ0n) is 6.21. The smallest absolute Gasteiger partial charge is 0.229 e. The van der Waals surface area contributed by atoms with E-state index in [0.717, 1.165) is 12.5 Å². The van der Waals surface area contributed by atoms with E-state index in [1.807, 2.05) is 0 Å². The molecule has 4 heteroatoms. The van der Waals surface area contributed by atoms with Gasteiger partial charge in [0.05, 0.1) is 19.3 Å². The van der Waals surface area contributed by atoms with E-state index in [4.69, 9.17) is 14.6 Å². The van der Waals surface area contributed by atoms with E-state index in [2.05, 4.69) is 6.92 Å². The zero-order valence-corrected chi connectivity index (χ0v) is 7.21. The maximum Gasteiger partial charge on any atom is 0.229 e. The molecule has 60 valence electrons. The van der Waals surface area contributed by atoms with Crippen LogP contribution >= 0.6 is 0 Å². The minimum atomic E-state index is -0.704. The summed E-state index contributed by atoms with van der Waals surface area (Å²) in [6.45, 7) is 2.13. The lowest BCUT2D eigenvalue weighted by atomic mass is 10.4. The van der Waals surface area contributed by atoms with Crippen LogP contribution in [-0.2, 0) is 4.43 Å². The first-order chi connectivity index (χ1) is 4.81. The molecule has 0 aromatic rings. The van der Waals surface area contributed by atoms with E-state index in [0.29, 0.717) is 9.76 Å². The van der Waals surface area contributed by atoms with E-state index in [-0.39, 0.29) is 13.2 Å². The van der Waals surface area contributed by atoms with E-state index in [1.165, 1.54) is 0 Å². The average molecular weight is 162 g/mol. The summed E-state index contributed by atoms with van der Waals surface area (Å²) in [4.78, 5) is 0. The molecular weight excluding hydrogens is 148 g/mol. The van der Waals surface area contributed by atoms with Crippen molar-refractivity contribution in [3.63, 3.8) is 0 Å². The van der Waals surface area contributed by atoms with Gasteiger partial charge in [-0.05, 0) is 6.04 Å². The van der Waals surface area contributed by atoms with E-state index >= 15 is 0 Å². The van der Waals surface area contributed by atoms with Crippen molar-refractivity contribution < 1.29 is 14.6 Å². The van der Waals surface area contributed by atoms with Gasteiger partial charge in [-0.3, -0.25) is 0 Å². The Hall–Kier alpha value is 0.0969. The third-order valence-electron chi connectivity index (χ3n) is 0.941. The molecule has 0 fully saturated rings. The van der Waals surface area contributed by atoms with Crippen molar-refractivity contribution in [1.82, 2.24) is 0 Å². The third kappa shape index (κ3) is 6.22. The van der Waals surface area contributed by atoms with Gasteiger partial charge < -0.3 is 14.6 Å². The van der Waals surface area contributed by atoms with Gasteiger partial charge in [0.25, 0.3) is 0 Å². The summed E-state index contributed by atoms with van der Waals surface area (Å²) in [5, 5.41) is 17.2. The minimum absolute atomic E-state index is 0.212. The van der Waals surface area contributed by atoms with Crippen molar-refractivity contribution in [3.05, 3.63) is 0 Å². The Morgan fingerprint density at radius 3 is 2.80 bits per heavy atom. The standard InChI is InChI=1S/C6H14O3Si/c1-2-3-10-9-5-6(8)4-7/h6-8H,2-5H2,1H3. The van der Waals surface area contributed by atoms with Gasteiger partial charge in [0.15, 0.2) is 0 Å². The average Bonchev–Trinajstić information content (AvgIpc) is 1.98. The fourth-order valence-electron chi connectivity index (χ4n) is 0.382. The molecular formula is C6H14O3Si. The topological polar surface area (TPSA) is 49.7 Å². The molecule has 0 heterocycles. The highest BCUT2D eigenvalue weighted by atomic mass is 28.2. The molecule has 0 aromatic heterocycles. The first kappa shape index (κ1) is 10.1. The number of hydrogen-bond acceptors (Lipinski definition) is 3. The number of rotatable bonds is 6. The predicted molar refractivity (Wildman–Crippen MR) is 39.9 cm³/mol. The van der Waals surface area contributed by atoms with E-state index in [9.17, 15) is 0 Å². The second kappa shape index (κ2) is 7.21. The maximum absolute atomic E-state index is 8.79. The summed E-state index contributed by atoms with van der Waals surface area (Å²) in [6, 6.07) is 1.04. The van der Waals surface area contributed by atoms with Crippen LogP contribution in [0.3, 0.4) is 0 Å². The molecule has 0 aromatic carbocycles. The monoisotopic (exact) mass is 162 g/mol. The molecule has 0 saturated heterocycles. The Morgan fingerprint density at radius 1 is 1.60 bits per heavy atom. The summed E-state index contributed by atoms with van der Waals surface area (Å²) < 4.78 is 5.04. The highest BCUT2D eigenvalue weighted by Gasteiger charge is 2.00. The summed E-state index contributed by atoms with van der Waals surface area (Å²) in [5.41, 5.74) is 0. The van der Waals surface area contributed by atoms with Gasteiger partial charge in [0.1, 0.15) is 0 Å². The molecule has 2 radical (unpaired) electrons. The molecule has 0 amide bonds. The molecule has 1 unspecified atom stereocenters. The Bertz CT molecular complexity index is 70.0. The molecule has 0 saturated carbocycles. The van der Waals surface area contributed by atoms with Crippen molar-refractivity contribution >= 4 is 9.76 Å². The summed E-state index contributed by atoms with van der Waals surface area (Å²) in [6.07, 6.45) is 0.401. The summed E-state index contributed by atoms with van der Waals surface area (Å²) in [5.74, 6) is 0. The first-order valence-electron chi connectivity index (χ1n) is 3.44. The fourth-order valence-corrected chi connectivity index (χ4v) is 1.04. The van der Waals surface area contributed by atoms with Crippen LogP contribution in [0.2, 0.25) is 6.04 Å². The third-order valence-corrected chi connectivity index (χ3v) is 2.02. The van der Waals surface area contributed by atoms with Crippen LogP contribution in [0.1, 0.15) is 13.3 Å². The van der Waals surface area contributed by atoms with Gasteiger partial charge in [0, 0.05) is 0 Å². The zero-order chi connectivity index (χ0) is 7.82. The van der Waals surface area contributed by atoms with E-state index < -0.39 is 6.10 Å². The normalized spacial score (nSPS) is 13.5. The molecule has 1 atom stereocenters. The predicted octanol–water partition coefficient (Wildman–Crippen LogP) is -0.196. The van der Waals surface area contributed by atoms with Gasteiger partial charge in [-0.2, -0.15) is 0 Å². The Kier molecular flexibility index (Phi) is 7.28. The van der Waals surface area contributed by atoms with Crippen LogP contribution in [0.5, 0.6) is 0 Å².